The van der Waals surface area contributed by atoms with E-state index < -0.39 is 0 Å². The van der Waals surface area contributed by atoms with E-state index in [1.54, 1.807) is 0 Å². The van der Waals surface area contributed by atoms with E-state index in [9.17, 15) is 0 Å². The number of rotatable bonds is 0. The largest absolute Gasteiger partial charge is 0.785 e. The van der Waals surface area contributed by atoms with Crippen LogP contribution in [0.3, 0.4) is 0 Å². The number of allylic oxidation sites excluding steroid dienone is 1. The number of thioether (sulfide) groups is 1. The molecule has 0 radical (unpaired) electrons. The van der Waals surface area contributed by atoms with Gasteiger partial charge in [-0.05, 0) is 17.9 Å². The molecule has 0 saturated carbocycles. The third-order valence-electron chi connectivity index (χ3n) is 1.02. The summed E-state index contributed by atoms with van der Waals surface area (Å²) < 4.78 is 0. The van der Waals surface area contributed by atoms with Crippen LogP contribution in [-0.4, -0.2) is 11.5 Å². The second kappa shape index (κ2) is 2.90. The van der Waals surface area contributed by atoms with E-state index >= 15 is 0 Å². The van der Waals surface area contributed by atoms with Gasteiger partial charge in [-0.2, -0.15) is 11.8 Å². The smallest absolute Gasteiger partial charge is 0.00450 e. The quantitative estimate of drug-likeness (QED) is 0.495. The van der Waals surface area contributed by atoms with Crippen LogP contribution >= 0.6 is 11.8 Å². The van der Waals surface area contributed by atoms with Gasteiger partial charge in [-0.15, -0.1) is 0 Å². The predicted molar refractivity (Wildman–Crippen MR) is 43.7 cm³/mol. The second-order valence-electron chi connectivity index (χ2n) is 1.65. The van der Waals surface area contributed by atoms with E-state index in [1.165, 1.54) is 5.75 Å². The lowest BCUT2D eigenvalue weighted by molar-refractivity contribution is 1.19. The molecular formula is C5H6S3-2. The first-order valence-corrected chi connectivity index (χ1v) is 4.41. The average Bonchev–Trinajstić information content (AvgIpc) is 1.77. The van der Waals surface area contributed by atoms with Crippen molar-refractivity contribution in [2.75, 3.05) is 11.5 Å². The van der Waals surface area contributed by atoms with Crippen LogP contribution in [0.25, 0.3) is 0 Å². The van der Waals surface area contributed by atoms with Gasteiger partial charge in [0.05, 0.1) is 0 Å². The highest BCUT2D eigenvalue weighted by Crippen LogP contribution is 2.20. The van der Waals surface area contributed by atoms with Gasteiger partial charge in [-0.3, -0.25) is 0 Å². The molecule has 0 atom stereocenters. The maximum Gasteiger partial charge on any atom is -0.00450 e. The molecular weight excluding hydrogens is 156 g/mol. The van der Waals surface area contributed by atoms with Crippen LogP contribution in [-0.2, 0) is 25.3 Å². The van der Waals surface area contributed by atoms with Crippen molar-refractivity contribution in [1.82, 2.24) is 0 Å². The van der Waals surface area contributed by atoms with Crippen molar-refractivity contribution in [2.45, 2.75) is 6.42 Å². The minimum atomic E-state index is 0.980. The fraction of sp³-hybridized carbons (Fsp3) is 0.600. The zero-order chi connectivity index (χ0) is 5.98. The van der Waals surface area contributed by atoms with E-state index in [1.807, 2.05) is 11.8 Å². The molecule has 0 aromatic carbocycles. The second-order valence-corrected chi connectivity index (χ2v) is 3.74. The van der Waals surface area contributed by atoms with Gasteiger partial charge >= 0.3 is 0 Å². The van der Waals surface area contributed by atoms with Gasteiger partial charge in [-0.25, -0.2) is 9.81 Å². The van der Waals surface area contributed by atoms with Crippen molar-refractivity contribution in [3.05, 3.63) is 9.81 Å². The summed E-state index contributed by atoms with van der Waals surface area (Å²) in [5, 5.41) is 0. The van der Waals surface area contributed by atoms with Gasteiger partial charge < -0.3 is 25.3 Å². The van der Waals surface area contributed by atoms with Crippen LogP contribution in [0.4, 0.5) is 0 Å². The molecule has 8 heavy (non-hydrogen) atoms. The van der Waals surface area contributed by atoms with Gasteiger partial charge in [-0.1, -0.05) is 0 Å². The molecule has 3 heteroatoms. The fourth-order valence-electron chi connectivity index (χ4n) is 0.550. The Hall–Kier alpha value is 0.530. The standard InChI is InChI=1S/C5H8S3/c6-4-1-2-8-3-5(4)7/h6-7H,1-3H2/p-2. The van der Waals surface area contributed by atoms with Crippen molar-refractivity contribution in [1.29, 1.82) is 0 Å². The van der Waals surface area contributed by atoms with Crippen molar-refractivity contribution >= 4 is 37.0 Å². The molecule has 0 aliphatic carbocycles. The first kappa shape index (κ1) is 6.65. The molecule has 0 bridgehead atoms. The number of hydrogen-bond acceptors (Lipinski definition) is 3. The summed E-state index contributed by atoms with van der Waals surface area (Å²) in [5.74, 6) is 2.15. The SMILES string of the molecule is [S-]C1=C([S-])CSCC1. The third-order valence-corrected chi connectivity index (χ3v) is 3.16. The van der Waals surface area contributed by atoms with Crippen molar-refractivity contribution in [3.8, 4) is 0 Å². The fourth-order valence-corrected chi connectivity index (χ4v) is 2.15. The van der Waals surface area contributed by atoms with Crippen LogP contribution in [0, 0.1) is 0 Å². The molecule has 1 heterocycles. The summed E-state index contributed by atoms with van der Waals surface area (Å²) in [7, 11) is 0. The maximum absolute atomic E-state index is 4.97. The lowest BCUT2D eigenvalue weighted by Crippen LogP contribution is -1.98. The van der Waals surface area contributed by atoms with Gasteiger partial charge in [0.25, 0.3) is 0 Å². The van der Waals surface area contributed by atoms with E-state index in [0.29, 0.717) is 0 Å². The molecule has 1 aliphatic rings. The van der Waals surface area contributed by atoms with Crippen LogP contribution in [0.5, 0.6) is 0 Å². The third kappa shape index (κ3) is 1.50. The molecule has 0 spiro atoms. The molecule has 0 nitrogen and oxygen atoms in total. The molecule has 0 amide bonds. The minimum absolute atomic E-state index is 0.980. The maximum atomic E-state index is 4.97. The lowest BCUT2D eigenvalue weighted by atomic mass is 10.4. The molecule has 1 rings (SSSR count). The van der Waals surface area contributed by atoms with E-state index in [2.05, 4.69) is 0 Å². The van der Waals surface area contributed by atoms with Gasteiger partial charge in [0, 0.05) is 0 Å². The molecule has 0 fully saturated rings. The summed E-state index contributed by atoms with van der Waals surface area (Å²) in [5.41, 5.74) is 0. The van der Waals surface area contributed by atoms with Crippen molar-refractivity contribution in [3.63, 3.8) is 0 Å². The van der Waals surface area contributed by atoms with Crippen LogP contribution in [0.2, 0.25) is 0 Å². The Labute approximate surface area is 64.9 Å². The van der Waals surface area contributed by atoms with Gasteiger partial charge in [0.2, 0.25) is 0 Å². The van der Waals surface area contributed by atoms with Gasteiger partial charge in [0.1, 0.15) is 0 Å². The molecule has 0 N–H and O–H groups in total. The van der Waals surface area contributed by atoms with Crippen molar-refractivity contribution in [2.24, 2.45) is 0 Å². The van der Waals surface area contributed by atoms with Crippen LogP contribution in [0.1, 0.15) is 6.42 Å². The van der Waals surface area contributed by atoms with E-state index in [4.69, 9.17) is 25.3 Å². The van der Waals surface area contributed by atoms with E-state index in [0.717, 1.165) is 22.0 Å². The Morgan fingerprint density at radius 2 is 2.00 bits per heavy atom. The van der Waals surface area contributed by atoms with Crippen molar-refractivity contribution < 1.29 is 0 Å². The summed E-state index contributed by atoms with van der Waals surface area (Å²) in [6.07, 6.45) is 1.03. The predicted octanol–water partition coefficient (Wildman–Crippen LogP) is 1.43. The van der Waals surface area contributed by atoms with Crippen LogP contribution in [0.15, 0.2) is 9.81 Å². The zero-order valence-electron chi connectivity index (χ0n) is 4.35. The lowest BCUT2D eigenvalue weighted by Gasteiger charge is -2.29. The monoisotopic (exact) mass is 162 g/mol. The van der Waals surface area contributed by atoms with Crippen LogP contribution < -0.4 is 0 Å². The molecule has 0 aromatic rings. The highest BCUT2D eigenvalue weighted by molar-refractivity contribution is 8.00. The topological polar surface area (TPSA) is 0 Å². The summed E-state index contributed by atoms with van der Waals surface area (Å²) in [4.78, 5) is 2.01. The molecule has 46 valence electrons. The first-order chi connectivity index (χ1) is 3.80. The summed E-state index contributed by atoms with van der Waals surface area (Å²) >= 11 is 11.8. The molecule has 1 aliphatic heterocycles. The molecule has 0 unspecified atom stereocenters. The summed E-state index contributed by atoms with van der Waals surface area (Å²) in [6.45, 7) is 0. The Kier molecular flexibility index (Phi) is 2.41. The average molecular weight is 162 g/mol. The highest BCUT2D eigenvalue weighted by atomic mass is 32.2. The Morgan fingerprint density at radius 3 is 2.38 bits per heavy atom. The molecule has 0 aromatic heterocycles. The number of hydrogen-bond donors (Lipinski definition) is 0. The minimum Gasteiger partial charge on any atom is -0.785 e. The normalized spacial score (nSPS) is 21.5. The molecule has 0 saturated heterocycles. The first-order valence-electron chi connectivity index (χ1n) is 2.44. The Bertz CT molecular complexity index is 103. The van der Waals surface area contributed by atoms with Gasteiger partial charge in [0.15, 0.2) is 0 Å². The zero-order valence-corrected chi connectivity index (χ0v) is 6.80. The highest BCUT2D eigenvalue weighted by Gasteiger charge is 1.92. The van der Waals surface area contributed by atoms with E-state index in [-0.39, 0.29) is 0 Å². The Balaban J connectivity index is 2.60. The Morgan fingerprint density at radius 1 is 1.25 bits per heavy atom. The summed E-state index contributed by atoms with van der Waals surface area (Å²) in [6, 6.07) is 0.